The zero-order valence-corrected chi connectivity index (χ0v) is 15.2. The van der Waals surface area contributed by atoms with Crippen molar-refractivity contribution in [1.82, 2.24) is 9.80 Å². The minimum atomic E-state index is 0.268. The molecule has 1 aromatic carbocycles. The Bertz CT molecular complexity index is 444. The van der Waals surface area contributed by atoms with Gasteiger partial charge in [0, 0.05) is 19.1 Å². The summed E-state index contributed by atoms with van der Waals surface area (Å²) >= 11 is 6.78. The number of likely N-dealkylation sites (N-methyl/N-ethyl adjacent to an activating group) is 2. The van der Waals surface area contributed by atoms with E-state index in [9.17, 15) is 5.11 Å². The van der Waals surface area contributed by atoms with Crippen molar-refractivity contribution >= 4 is 31.9 Å². The van der Waals surface area contributed by atoms with Crippen molar-refractivity contribution in [3.05, 3.63) is 26.6 Å². The third-order valence-corrected chi connectivity index (χ3v) is 5.17. The minimum Gasteiger partial charge on any atom is -0.506 e. The van der Waals surface area contributed by atoms with Crippen LogP contribution in [0, 0.1) is 0 Å². The first-order chi connectivity index (χ1) is 9.51. The van der Waals surface area contributed by atoms with Gasteiger partial charge in [-0.05, 0) is 82.5 Å². The second-order valence-electron chi connectivity index (χ2n) is 5.53. The second-order valence-corrected chi connectivity index (χ2v) is 7.24. The van der Waals surface area contributed by atoms with Gasteiger partial charge in [-0.2, -0.15) is 0 Å². The van der Waals surface area contributed by atoms with E-state index in [0.717, 1.165) is 28.6 Å². The van der Waals surface area contributed by atoms with Crippen molar-refractivity contribution in [3.8, 4) is 5.75 Å². The molecule has 0 aromatic heterocycles. The van der Waals surface area contributed by atoms with E-state index in [1.165, 1.54) is 24.9 Å². The minimum absolute atomic E-state index is 0.268. The molecule has 1 fully saturated rings. The highest BCUT2D eigenvalue weighted by molar-refractivity contribution is 9.11. The monoisotopic (exact) mass is 404 g/mol. The van der Waals surface area contributed by atoms with E-state index < -0.39 is 0 Å². The molecular formula is C15H22Br2N2O. The summed E-state index contributed by atoms with van der Waals surface area (Å²) < 4.78 is 1.48. The molecule has 5 heteroatoms. The van der Waals surface area contributed by atoms with Gasteiger partial charge in [0.2, 0.25) is 0 Å². The lowest BCUT2D eigenvalue weighted by molar-refractivity contribution is 0.195. The maximum atomic E-state index is 9.75. The number of aromatic hydroxyl groups is 1. The second kappa shape index (κ2) is 7.25. The van der Waals surface area contributed by atoms with Crippen LogP contribution in [-0.4, -0.2) is 47.6 Å². The summed E-state index contributed by atoms with van der Waals surface area (Å²) in [5.41, 5.74) is 1.20. The number of hydrogen-bond acceptors (Lipinski definition) is 3. The summed E-state index contributed by atoms with van der Waals surface area (Å²) in [6.07, 6.45) is 2.63. The van der Waals surface area contributed by atoms with Crippen molar-refractivity contribution in [1.29, 1.82) is 0 Å². The van der Waals surface area contributed by atoms with Gasteiger partial charge in [-0.25, -0.2) is 0 Å². The van der Waals surface area contributed by atoms with Gasteiger partial charge in [0.15, 0.2) is 0 Å². The van der Waals surface area contributed by atoms with Crippen molar-refractivity contribution < 1.29 is 5.11 Å². The Morgan fingerprint density at radius 3 is 2.60 bits per heavy atom. The van der Waals surface area contributed by atoms with Crippen LogP contribution < -0.4 is 0 Å². The number of phenolic OH excluding ortho intramolecular Hbond substituents is 1. The number of nitrogens with zero attached hydrogens (tertiary/aromatic N) is 2. The molecule has 0 amide bonds. The lowest BCUT2D eigenvalue weighted by atomic mass is 10.1. The standard InChI is InChI=1S/C15H22Br2N2O/c1-3-19-6-4-5-12(19)10-18(2)9-11-7-13(16)15(20)14(17)8-11/h7-8,12,20H,3-6,9-10H2,1-2H3. The zero-order chi connectivity index (χ0) is 14.7. The number of benzene rings is 1. The fraction of sp³-hybridized carbons (Fsp3) is 0.600. The third kappa shape index (κ3) is 3.97. The number of phenols is 1. The Morgan fingerprint density at radius 2 is 2.00 bits per heavy atom. The molecule has 1 unspecified atom stereocenters. The Labute approximate surface area is 138 Å². The average Bonchev–Trinajstić information content (AvgIpc) is 2.82. The topological polar surface area (TPSA) is 26.7 Å². The molecule has 0 aliphatic carbocycles. The van der Waals surface area contributed by atoms with Crippen LogP contribution in [-0.2, 0) is 6.54 Å². The van der Waals surface area contributed by atoms with E-state index in [2.05, 4.69) is 55.6 Å². The van der Waals surface area contributed by atoms with Crippen molar-refractivity contribution in [3.63, 3.8) is 0 Å². The predicted octanol–water partition coefficient (Wildman–Crippen LogP) is 3.83. The summed E-state index contributed by atoms with van der Waals surface area (Å²) in [5, 5.41) is 9.75. The molecule has 1 aliphatic rings. The van der Waals surface area contributed by atoms with Gasteiger partial charge in [0.1, 0.15) is 5.75 Å². The summed E-state index contributed by atoms with van der Waals surface area (Å²) in [7, 11) is 2.17. The molecule has 3 nitrogen and oxygen atoms in total. The molecule has 1 atom stereocenters. The Morgan fingerprint density at radius 1 is 1.35 bits per heavy atom. The molecule has 0 bridgehead atoms. The maximum Gasteiger partial charge on any atom is 0.143 e. The molecule has 1 saturated heterocycles. The van der Waals surface area contributed by atoms with Crippen LogP contribution in [0.4, 0.5) is 0 Å². The number of rotatable bonds is 5. The van der Waals surface area contributed by atoms with Crippen LogP contribution >= 0.6 is 31.9 Å². The SMILES string of the molecule is CCN1CCCC1CN(C)Cc1cc(Br)c(O)c(Br)c1. The normalized spacial score (nSPS) is 19.9. The molecule has 1 heterocycles. The summed E-state index contributed by atoms with van der Waals surface area (Å²) in [6, 6.07) is 4.67. The molecule has 20 heavy (non-hydrogen) atoms. The van der Waals surface area contributed by atoms with Gasteiger partial charge in [-0.3, -0.25) is 4.90 Å². The van der Waals surface area contributed by atoms with Crippen LogP contribution in [0.2, 0.25) is 0 Å². The molecule has 0 spiro atoms. The number of hydrogen-bond donors (Lipinski definition) is 1. The van der Waals surface area contributed by atoms with Crippen LogP contribution in [0.3, 0.4) is 0 Å². The molecule has 0 saturated carbocycles. The third-order valence-electron chi connectivity index (χ3n) is 3.96. The fourth-order valence-corrected chi connectivity index (χ4v) is 4.24. The van der Waals surface area contributed by atoms with Crippen molar-refractivity contribution in [2.75, 3.05) is 26.7 Å². The predicted molar refractivity (Wildman–Crippen MR) is 90.1 cm³/mol. The molecular weight excluding hydrogens is 384 g/mol. The lowest BCUT2D eigenvalue weighted by Gasteiger charge is -2.27. The highest BCUT2D eigenvalue weighted by Crippen LogP contribution is 2.33. The van der Waals surface area contributed by atoms with E-state index in [0.29, 0.717) is 6.04 Å². The van der Waals surface area contributed by atoms with Gasteiger partial charge in [-0.15, -0.1) is 0 Å². The van der Waals surface area contributed by atoms with Crippen LogP contribution in [0.1, 0.15) is 25.3 Å². The van der Waals surface area contributed by atoms with Crippen molar-refractivity contribution in [2.24, 2.45) is 0 Å². The smallest absolute Gasteiger partial charge is 0.143 e. The van der Waals surface area contributed by atoms with E-state index in [1.807, 2.05) is 12.1 Å². The van der Waals surface area contributed by atoms with E-state index >= 15 is 0 Å². The molecule has 1 aromatic rings. The van der Waals surface area contributed by atoms with Crippen LogP contribution in [0.15, 0.2) is 21.1 Å². The van der Waals surface area contributed by atoms with E-state index in [4.69, 9.17) is 0 Å². The quantitative estimate of drug-likeness (QED) is 0.806. The summed E-state index contributed by atoms with van der Waals surface area (Å²) in [4.78, 5) is 4.93. The van der Waals surface area contributed by atoms with Gasteiger partial charge in [0.05, 0.1) is 8.95 Å². The Balaban J connectivity index is 1.96. The molecule has 1 aliphatic heterocycles. The van der Waals surface area contributed by atoms with Crippen LogP contribution in [0.5, 0.6) is 5.75 Å². The molecule has 112 valence electrons. The first-order valence-electron chi connectivity index (χ1n) is 7.10. The highest BCUT2D eigenvalue weighted by atomic mass is 79.9. The average molecular weight is 406 g/mol. The lowest BCUT2D eigenvalue weighted by Crippen LogP contribution is -2.38. The first-order valence-corrected chi connectivity index (χ1v) is 8.69. The fourth-order valence-electron chi connectivity index (χ4n) is 2.96. The van der Waals surface area contributed by atoms with Crippen LogP contribution in [0.25, 0.3) is 0 Å². The maximum absolute atomic E-state index is 9.75. The molecule has 0 radical (unpaired) electrons. The highest BCUT2D eigenvalue weighted by Gasteiger charge is 2.24. The first kappa shape index (κ1) is 16.3. The molecule has 1 N–H and O–H groups in total. The van der Waals surface area contributed by atoms with E-state index in [-0.39, 0.29) is 5.75 Å². The molecule has 2 rings (SSSR count). The van der Waals surface area contributed by atoms with Crippen molar-refractivity contribution in [2.45, 2.75) is 32.4 Å². The van der Waals surface area contributed by atoms with Gasteiger partial charge in [0.25, 0.3) is 0 Å². The zero-order valence-electron chi connectivity index (χ0n) is 12.1. The Kier molecular flexibility index (Phi) is 5.90. The van der Waals surface area contributed by atoms with E-state index in [1.54, 1.807) is 0 Å². The Hall–Kier alpha value is -0.100. The number of halogens is 2. The summed E-state index contributed by atoms with van der Waals surface area (Å²) in [5.74, 6) is 0.268. The largest absolute Gasteiger partial charge is 0.506 e. The van der Waals surface area contributed by atoms with Gasteiger partial charge >= 0.3 is 0 Å². The number of likely N-dealkylation sites (tertiary alicyclic amines) is 1. The van der Waals surface area contributed by atoms with Gasteiger partial charge < -0.3 is 10.0 Å². The van der Waals surface area contributed by atoms with Gasteiger partial charge in [-0.1, -0.05) is 6.92 Å². The summed E-state index contributed by atoms with van der Waals surface area (Å²) in [6.45, 7) is 6.63.